The molecule has 0 atom stereocenters. The van der Waals surface area contributed by atoms with Gasteiger partial charge in [0.15, 0.2) is 0 Å². The van der Waals surface area contributed by atoms with Crippen LogP contribution in [0.5, 0.6) is 0 Å². The van der Waals surface area contributed by atoms with Gasteiger partial charge in [-0.3, -0.25) is 4.79 Å². The Balaban J connectivity index is 2.13. The van der Waals surface area contributed by atoms with E-state index < -0.39 is 5.97 Å². The second-order valence-electron chi connectivity index (χ2n) is 4.25. The molecule has 0 radical (unpaired) electrons. The van der Waals surface area contributed by atoms with E-state index in [1.807, 2.05) is 0 Å². The fourth-order valence-electron chi connectivity index (χ4n) is 1.92. The van der Waals surface area contributed by atoms with E-state index in [1.54, 1.807) is 7.11 Å². The Bertz CT molecular complexity index is 292. The van der Waals surface area contributed by atoms with Gasteiger partial charge in [0.1, 0.15) is 12.7 Å². The van der Waals surface area contributed by atoms with Gasteiger partial charge < -0.3 is 14.2 Å². The molecule has 1 fully saturated rings. The summed E-state index contributed by atoms with van der Waals surface area (Å²) >= 11 is 0. The Kier molecular flexibility index (Phi) is 6.43. The van der Waals surface area contributed by atoms with Gasteiger partial charge in [-0.05, 0) is 25.7 Å². The molecule has 0 amide bonds. The summed E-state index contributed by atoms with van der Waals surface area (Å²) in [6.07, 6.45) is 4.90. The lowest BCUT2D eigenvalue weighted by molar-refractivity contribution is -0.154. The number of carbonyl (C=O) groups excluding carboxylic acids is 2. The first-order valence-corrected chi connectivity index (χ1v) is 6.17. The van der Waals surface area contributed by atoms with Crippen molar-refractivity contribution in [2.75, 3.05) is 13.7 Å². The van der Waals surface area contributed by atoms with Crippen molar-refractivity contribution in [1.29, 1.82) is 0 Å². The van der Waals surface area contributed by atoms with Crippen molar-refractivity contribution in [2.24, 2.45) is 0 Å². The van der Waals surface area contributed by atoms with Crippen LogP contribution in [-0.4, -0.2) is 37.9 Å². The molecule has 0 spiro atoms. The number of carbonyl (C=O) groups is 2. The molecule has 1 saturated carbocycles. The van der Waals surface area contributed by atoms with Crippen LogP contribution in [0.2, 0.25) is 0 Å². The molecule has 1 rings (SSSR count). The van der Waals surface area contributed by atoms with E-state index in [0.29, 0.717) is 0 Å². The largest absolute Gasteiger partial charge is 0.462 e. The SMILES string of the molecule is C=CC(=O)OCCC(=O)OC1CCC(OC)CC1. The number of hydrogen-bond acceptors (Lipinski definition) is 5. The normalized spacial score (nSPS) is 23.2. The average molecular weight is 256 g/mol. The van der Waals surface area contributed by atoms with Crippen LogP contribution in [0.25, 0.3) is 0 Å². The van der Waals surface area contributed by atoms with Crippen LogP contribution < -0.4 is 0 Å². The number of ether oxygens (including phenoxy) is 3. The lowest BCUT2D eigenvalue weighted by Gasteiger charge is -2.27. The fraction of sp³-hybridized carbons (Fsp3) is 0.692. The van der Waals surface area contributed by atoms with Gasteiger partial charge in [0.25, 0.3) is 0 Å². The second-order valence-corrected chi connectivity index (χ2v) is 4.25. The van der Waals surface area contributed by atoms with Crippen molar-refractivity contribution < 1.29 is 23.8 Å². The van der Waals surface area contributed by atoms with Gasteiger partial charge in [0, 0.05) is 13.2 Å². The van der Waals surface area contributed by atoms with Gasteiger partial charge in [-0.2, -0.15) is 0 Å². The van der Waals surface area contributed by atoms with Crippen molar-refractivity contribution in [1.82, 2.24) is 0 Å². The summed E-state index contributed by atoms with van der Waals surface area (Å²) in [7, 11) is 1.70. The van der Waals surface area contributed by atoms with Gasteiger partial charge in [0.2, 0.25) is 0 Å². The molecule has 0 aliphatic heterocycles. The minimum absolute atomic E-state index is 0.0287. The van der Waals surface area contributed by atoms with Gasteiger partial charge in [-0.25, -0.2) is 4.79 Å². The van der Waals surface area contributed by atoms with Gasteiger partial charge in [-0.15, -0.1) is 0 Å². The Hall–Kier alpha value is -1.36. The molecule has 5 heteroatoms. The molecule has 0 aromatic heterocycles. The van der Waals surface area contributed by atoms with Crippen molar-refractivity contribution >= 4 is 11.9 Å². The second kappa shape index (κ2) is 7.87. The van der Waals surface area contributed by atoms with Crippen LogP contribution in [0, 0.1) is 0 Å². The molecular formula is C13H20O5. The van der Waals surface area contributed by atoms with E-state index in [1.165, 1.54) is 0 Å². The number of methoxy groups -OCH3 is 1. The lowest BCUT2D eigenvalue weighted by atomic mass is 9.95. The minimum Gasteiger partial charge on any atom is -0.462 e. The first kappa shape index (κ1) is 14.7. The third-order valence-corrected chi connectivity index (χ3v) is 2.97. The third-order valence-electron chi connectivity index (χ3n) is 2.97. The van der Waals surface area contributed by atoms with E-state index >= 15 is 0 Å². The first-order valence-electron chi connectivity index (χ1n) is 6.17. The molecule has 0 saturated heterocycles. The van der Waals surface area contributed by atoms with E-state index in [0.717, 1.165) is 31.8 Å². The van der Waals surface area contributed by atoms with E-state index in [2.05, 4.69) is 6.58 Å². The molecular weight excluding hydrogens is 236 g/mol. The smallest absolute Gasteiger partial charge is 0.330 e. The summed E-state index contributed by atoms with van der Waals surface area (Å²) in [6.45, 7) is 3.30. The van der Waals surface area contributed by atoms with Crippen molar-refractivity contribution in [2.45, 2.75) is 44.3 Å². The molecule has 102 valence electrons. The molecule has 0 bridgehead atoms. The number of esters is 2. The maximum absolute atomic E-state index is 11.5. The molecule has 1 aliphatic rings. The molecule has 0 aromatic rings. The summed E-state index contributed by atoms with van der Waals surface area (Å²) in [6, 6.07) is 0. The molecule has 0 heterocycles. The highest BCUT2D eigenvalue weighted by Crippen LogP contribution is 2.23. The molecule has 0 aromatic carbocycles. The molecule has 0 N–H and O–H groups in total. The summed E-state index contributed by atoms with van der Waals surface area (Å²) in [4.78, 5) is 22.2. The van der Waals surface area contributed by atoms with Gasteiger partial charge in [0.05, 0.1) is 12.5 Å². The van der Waals surface area contributed by atoms with Crippen molar-refractivity contribution in [3.8, 4) is 0 Å². The Morgan fingerprint density at radius 2 is 1.83 bits per heavy atom. The quantitative estimate of drug-likeness (QED) is 0.533. The zero-order chi connectivity index (χ0) is 13.4. The highest BCUT2D eigenvalue weighted by Gasteiger charge is 2.23. The summed E-state index contributed by atoms with van der Waals surface area (Å²) in [5, 5.41) is 0. The summed E-state index contributed by atoms with van der Waals surface area (Å²) in [5.41, 5.74) is 0. The van der Waals surface area contributed by atoms with Gasteiger partial charge >= 0.3 is 11.9 Å². The minimum atomic E-state index is -0.525. The molecule has 5 nitrogen and oxygen atoms in total. The van der Waals surface area contributed by atoms with Gasteiger partial charge in [-0.1, -0.05) is 6.58 Å². The zero-order valence-corrected chi connectivity index (χ0v) is 10.7. The highest BCUT2D eigenvalue weighted by molar-refractivity contribution is 5.81. The Morgan fingerprint density at radius 1 is 1.22 bits per heavy atom. The Morgan fingerprint density at radius 3 is 2.39 bits per heavy atom. The Labute approximate surface area is 107 Å². The van der Waals surface area contributed by atoms with Crippen LogP contribution in [0.3, 0.4) is 0 Å². The topological polar surface area (TPSA) is 61.8 Å². The first-order chi connectivity index (χ1) is 8.65. The van der Waals surface area contributed by atoms with Crippen LogP contribution in [0.15, 0.2) is 12.7 Å². The number of rotatable bonds is 6. The maximum atomic E-state index is 11.5. The zero-order valence-electron chi connectivity index (χ0n) is 10.7. The molecule has 18 heavy (non-hydrogen) atoms. The van der Waals surface area contributed by atoms with E-state index in [9.17, 15) is 9.59 Å². The maximum Gasteiger partial charge on any atom is 0.330 e. The van der Waals surface area contributed by atoms with Crippen molar-refractivity contribution in [3.05, 3.63) is 12.7 Å². The standard InChI is InChI=1S/C13H20O5/c1-3-12(14)17-9-8-13(15)18-11-6-4-10(16-2)5-7-11/h3,10-11H,1,4-9H2,2H3. The summed E-state index contributed by atoms with van der Waals surface area (Å²) in [5.74, 6) is -0.851. The van der Waals surface area contributed by atoms with Crippen molar-refractivity contribution in [3.63, 3.8) is 0 Å². The predicted octanol–water partition coefficient (Wildman–Crippen LogP) is 1.61. The summed E-state index contributed by atoms with van der Waals surface area (Å²) < 4.78 is 15.2. The van der Waals surface area contributed by atoms with Crippen LogP contribution in [0.4, 0.5) is 0 Å². The third kappa shape index (κ3) is 5.31. The predicted molar refractivity (Wildman–Crippen MR) is 64.9 cm³/mol. The number of hydrogen-bond donors (Lipinski definition) is 0. The van der Waals surface area contributed by atoms with E-state index in [-0.39, 0.29) is 31.2 Å². The average Bonchev–Trinajstić information content (AvgIpc) is 2.39. The van der Waals surface area contributed by atoms with Crippen LogP contribution in [-0.2, 0) is 23.8 Å². The van der Waals surface area contributed by atoms with Crippen LogP contribution >= 0.6 is 0 Å². The molecule has 1 aliphatic carbocycles. The highest BCUT2D eigenvalue weighted by atomic mass is 16.6. The van der Waals surface area contributed by atoms with E-state index in [4.69, 9.17) is 14.2 Å². The monoisotopic (exact) mass is 256 g/mol. The fourth-order valence-corrected chi connectivity index (χ4v) is 1.92. The van der Waals surface area contributed by atoms with Crippen LogP contribution in [0.1, 0.15) is 32.1 Å². The molecule has 0 unspecified atom stereocenters. The lowest BCUT2D eigenvalue weighted by Crippen LogP contribution is -2.28.